The molecule has 0 saturated heterocycles. The third-order valence-corrected chi connectivity index (χ3v) is 4.11. The second kappa shape index (κ2) is 5.92. The zero-order valence-electron chi connectivity index (χ0n) is 11.5. The van der Waals surface area contributed by atoms with Gasteiger partial charge in [0.2, 0.25) is 0 Å². The number of hydrogen-bond acceptors (Lipinski definition) is 1. The molecule has 0 saturated carbocycles. The number of hydrogen-bond donors (Lipinski definition) is 0. The van der Waals surface area contributed by atoms with Crippen LogP contribution in [0.4, 0.5) is 0 Å². The first-order chi connectivity index (χ1) is 10.3. The van der Waals surface area contributed by atoms with Crippen LogP contribution in [0.1, 0.15) is 5.56 Å². The molecule has 0 aliphatic rings. The van der Waals surface area contributed by atoms with E-state index in [0.29, 0.717) is 5.56 Å². The van der Waals surface area contributed by atoms with Gasteiger partial charge >= 0.3 is 0 Å². The van der Waals surface area contributed by atoms with Gasteiger partial charge in [-0.15, -0.1) is 9.24 Å². The van der Waals surface area contributed by atoms with Crippen LogP contribution >= 0.6 is 9.24 Å². The Kier molecular flexibility index (Phi) is 3.82. The van der Waals surface area contributed by atoms with Crippen LogP contribution in [-0.2, 0) is 0 Å². The molecule has 1 atom stereocenters. The summed E-state index contributed by atoms with van der Waals surface area (Å²) in [7, 11) is 2.72. The van der Waals surface area contributed by atoms with Gasteiger partial charge in [0.05, 0.1) is 11.6 Å². The minimum Gasteiger partial charge on any atom is -0.192 e. The molecule has 0 heterocycles. The lowest BCUT2D eigenvalue weighted by atomic mass is 9.93. The van der Waals surface area contributed by atoms with Gasteiger partial charge in [0.15, 0.2) is 0 Å². The van der Waals surface area contributed by atoms with E-state index >= 15 is 0 Å². The molecular weight excluding hydrogens is 273 g/mol. The molecule has 0 amide bonds. The Bertz CT molecular complexity index is 802. The Balaban J connectivity index is 2.32. The Hall–Kier alpha value is -2.42. The lowest BCUT2D eigenvalue weighted by molar-refractivity contribution is 1.50. The van der Waals surface area contributed by atoms with Crippen molar-refractivity contribution in [1.29, 1.82) is 5.26 Å². The zero-order chi connectivity index (χ0) is 14.7. The Morgan fingerprint density at radius 2 is 1.29 bits per heavy atom. The van der Waals surface area contributed by atoms with Crippen LogP contribution in [0.3, 0.4) is 0 Å². The molecule has 0 radical (unpaired) electrons. The third kappa shape index (κ3) is 2.59. The van der Waals surface area contributed by atoms with Crippen LogP contribution in [-0.4, -0.2) is 0 Å². The van der Waals surface area contributed by atoms with Crippen molar-refractivity contribution in [3.05, 3.63) is 78.4 Å². The second-order valence-electron chi connectivity index (χ2n) is 4.79. The molecule has 0 bridgehead atoms. The molecule has 1 nitrogen and oxygen atoms in total. The van der Waals surface area contributed by atoms with Crippen molar-refractivity contribution in [1.82, 2.24) is 0 Å². The first-order valence-corrected chi connectivity index (χ1v) is 7.32. The van der Waals surface area contributed by atoms with Crippen LogP contribution in [0.5, 0.6) is 0 Å². The third-order valence-electron chi connectivity index (χ3n) is 3.51. The summed E-state index contributed by atoms with van der Waals surface area (Å²) in [6, 6.07) is 26.7. The number of nitriles is 1. The van der Waals surface area contributed by atoms with E-state index in [-0.39, 0.29) is 0 Å². The van der Waals surface area contributed by atoms with E-state index in [4.69, 9.17) is 0 Å². The minimum absolute atomic E-state index is 0.693. The molecule has 0 spiro atoms. The van der Waals surface area contributed by atoms with Crippen molar-refractivity contribution in [2.24, 2.45) is 0 Å². The van der Waals surface area contributed by atoms with Crippen LogP contribution < -0.4 is 5.30 Å². The summed E-state index contributed by atoms with van der Waals surface area (Å²) in [4.78, 5) is 0. The molecule has 1 unspecified atom stereocenters. The highest BCUT2D eigenvalue weighted by Gasteiger charge is 2.13. The average Bonchev–Trinajstić information content (AvgIpc) is 2.56. The van der Waals surface area contributed by atoms with Gasteiger partial charge in [-0.25, -0.2) is 0 Å². The van der Waals surface area contributed by atoms with Gasteiger partial charge in [-0.1, -0.05) is 66.7 Å². The van der Waals surface area contributed by atoms with Gasteiger partial charge in [0.25, 0.3) is 0 Å². The fourth-order valence-corrected chi connectivity index (χ4v) is 2.97. The van der Waals surface area contributed by atoms with E-state index in [2.05, 4.69) is 39.6 Å². The molecule has 3 rings (SSSR count). The quantitative estimate of drug-likeness (QED) is 0.641. The van der Waals surface area contributed by atoms with Crippen molar-refractivity contribution < 1.29 is 0 Å². The molecule has 0 fully saturated rings. The molecular formula is C19H14NP. The van der Waals surface area contributed by atoms with Gasteiger partial charge in [-0.05, 0) is 33.6 Å². The maximum Gasteiger partial charge on any atom is 0.0998 e. The van der Waals surface area contributed by atoms with Crippen molar-refractivity contribution >= 4 is 14.5 Å². The molecule has 0 aliphatic heterocycles. The van der Waals surface area contributed by atoms with E-state index in [0.717, 1.165) is 27.6 Å². The van der Waals surface area contributed by atoms with Crippen molar-refractivity contribution in [2.45, 2.75) is 0 Å². The van der Waals surface area contributed by atoms with E-state index in [1.807, 2.05) is 48.5 Å². The van der Waals surface area contributed by atoms with E-state index < -0.39 is 0 Å². The zero-order valence-corrected chi connectivity index (χ0v) is 12.6. The summed E-state index contributed by atoms with van der Waals surface area (Å²) in [5, 5.41) is 10.2. The van der Waals surface area contributed by atoms with Gasteiger partial charge in [0, 0.05) is 0 Å². The molecule has 21 heavy (non-hydrogen) atoms. The van der Waals surface area contributed by atoms with Gasteiger partial charge in [0.1, 0.15) is 0 Å². The van der Waals surface area contributed by atoms with Crippen molar-refractivity contribution in [3.8, 4) is 28.3 Å². The molecule has 3 aromatic carbocycles. The van der Waals surface area contributed by atoms with Crippen LogP contribution in [0.2, 0.25) is 0 Å². The molecule has 3 aromatic rings. The molecule has 0 N–H and O–H groups in total. The predicted molar refractivity (Wildman–Crippen MR) is 91.4 cm³/mol. The Morgan fingerprint density at radius 1 is 0.714 bits per heavy atom. The van der Waals surface area contributed by atoms with Gasteiger partial charge in [-0.2, -0.15) is 5.26 Å². The van der Waals surface area contributed by atoms with Crippen molar-refractivity contribution in [3.63, 3.8) is 0 Å². The smallest absolute Gasteiger partial charge is 0.0998 e. The topological polar surface area (TPSA) is 23.8 Å². The number of nitrogens with zero attached hydrogens (tertiary/aromatic N) is 1. The average molecular weight is 287 g/mol. The minimum atomic E-state index is 0.693. The highest BCUT2D eigenvalue weighted by Crippen LogP contribution is 2.32. The van der Waals surface area contributed by atoms with Crippen LogP contribution in [0.25, 0.3) is 22.3 Å². The lowest BCUT2D eigenvalue weighted by Crippen LogP contribution is -2.04. The van der Waals surface area contributed by atoms with E-state index in [1.54, 1.807) is 0 Å². The second-order valence-corrected chi connectivity index (χ2v) is 5.37. The highest BCUT2D eigenvalue weighted by atomic mass is 31.0. The predicted octanol–water partition coefficient (Wildman–Crippen LogP) is 4.39. The summed E-state index contributed by atoms with van der Waals surface area (Å²) in [5.41, 5.74) is 5.22. The molecule has 100 valence electrons. The standard InChI is InChI=1S/C19H14NP/c20-13-16-11-12-17(14-7-3-1-4-8-14)18(19(16)21)15-9-5-2-6-10-15/h1-12H,21H2. The largest absolute Gasteiger partial charge is 0.192 e. The van der Waals surface area contributed by atoms with Gasteiger partial charge in [-0.3, -0.25) is 0 Å². The summed E-state index contributed by atoms with van der Waals surface area (Å²) >= 11 is 0. The maximum absolute atomic E-state index is 9.29. The number of benzene rings is 3. The van der Waals surface area contributed by atoms with Crippen LogP contribution in [0, 0.1) is 11.3 Å². The Morgan fingerprint density at radius 3 is 1.86 bits per heavy atom. The summed E-state index contributed by atoms with van der Waals surface area (Å²) in [6.45, 7) is 0. The fraction of sp³-hybridized carbons (Fsp3) is 0. The summed E-state index contributed by atoms with van der Waals surface area (Å²) < 4.78 is 0. The summed E-state index contributed by atoms with van der Waals surface area (Å²) in [5.74, 6) is 0. The van der Waals surface area contributed by atoms with Crippen LogP contribution in [0.15, 0.2) is 72.8 Å². The van der Waals surface area contributed by atoms with Gasteiger partial charge < -0.3 is 0 Å². The SMILES string of the molecule is N#Cc1ccc(-c2ccccc2)c(-c2ccccc2)c1P. The first kappa shape index (κ1) is 13.6. The number of rotatable bonds is 2. The first-order valence-electron chi connectivity index (χ1n) is 6.74. The lowest BCUT2D eigenvalue weighted by Gasteiger charge is -2.14. The molecule has 0 aromatic heterocycles. The fourth-order valence-electron chi connectivity index (χ4n) is 2.49. The maximum atomic E-state index is 9.29. The molecule has 0 aliphatic carbocycles. The van der Waals surface area contributed by atoms with Crippen molar-refractivity contribution in [2.75, 3.05) is 0 Å². The Labute approximate surface area is 127 Å². The monoisotopic (exact) mass is 287 g/mol. The molecule has 2 heteroatoms. The van der Waals surface area contributed by atoms with E-state index in [9.17, 15) is 5.26 Å². The van der Waals surface area contributed by atoms with E-state index in [1.165, 1.54) is 0 Å². The summed E-state index contributed by atoms with van der Waals surface area (Å²) in [6.07, 6.45) is 0. The normalized spacial score (nSPS) is 10.1. The highest BCUT2D eigenvalue weighted by molar-refractivity contribution is 7.28.